The number of carbonyl (C=O) groups is 1. The predicted molar refractivity (Wildman–Crippen MR) is 84.6 cm³/mol. The maximum absolute atomic E-state index is 11.5. The number of aliphatic carboxylic acids is 1. The molecule has 6 nitrogen and oxygen atoms in total. The summed E-state index contributed by atoms with van der Waals surface area (Å²) in [6, 6.07) is 5.96. The lowest BCUT2D eigenvalue weighted by Gasteiger charge is -2.37. The van der Waals surface area contributed by atoms with Crippen molar-refractivity contribution in [3.05, 3.63) is 27.3 Å². The van der Waals surface area contributed by atoms with Crippen molar-refractivity contribution in [1.82, 2.24) is 20.2 Å². The second kappa shape index (κ2) is 5.36. The van der Waals surface area contributed by atoms with Gasteiger partial charge in [-0.3, -0.25) is 4.79 Å². The summed E-state index contributed by atoms with van der Waals surface area (Å²) in [6.45, 7) is 2.36. The van der Waals surface area contributed by atoms with Crippen molar-refractivity contribution in [3.8, 4) is 11.4 Å². The quantitative estimate of drug-likeness (QED) is 0.801. The van der Waals surface area contributed by atoms with E-state index in [4.69, 9.17) is 0 Å². The molecule has 0 amide bonds. The SMILES string of the molecule is Cc1cccc(-c2nnnn2CC2(C(=O)O)CCC2)c1I. The van der Waals surface area contributed by atoms with Crippen molar-refractivity contribution in [2.75, 3.05) is 0 Å². The summed E-state index contributed by atoms with van der Waals surface area (Å²) in [5.41, 5.74) is 1.39. The molecule has 0 bridgehead atoms. The fraction of sp³-hybridized carbons (Fsp3) is 0.429. The summed E-state index contributed by atoms with van der Waals surface area (Å²) < 4.78 is 2.72. The Balaban J connectivity index is 1.98. The van der Waals surface area contributed by atoms with Crippen LogP contribution in [0.3, 0.4) is 0 Å². The number of rotatable bonds is 4. The molecule has 0 aliphatic heterocycles. The van der Waals surface area contributed by atoms with Gasteiger partial charge in [0, 0.05) is 9.13 Å². The minimum atomic E-state index is -0.755. The normalized spacial score (nSPS) is 16.5. The van der Waals surface area contributed by atoms with E-state index in [2.05, 4.69) is 38.1 Å². The first kappa shape index (κ1) is 14.4. The predicted octanol–water partition coefficient (Wildman–Crippen LogP) is 2.51. The van der Waals surface area contributed by atoms with Crippen LogP contribution in [0.1, 0.15) is 24.8 Å². The Labute approximate surface area is 135 Å². The van der Waals surface area contributed by atoms with E-state index >= 15 is 0 Å². The molecule has 0 spiro atoms. The number of tetrazole rings is 1. The molecule has 1 aromatic heterocycles. The Morgan fingerprint density at radius 3 is 2.86 bits per heavy atom. The standard InChI is InChI=1S/C14H15IN4O2/c1-9-4-2-5-10(11(9)15)12-16-17-18-19(12)8-14(13(20)21)6-3-7-14/h2,4-5H,3,6-8H2,1H3,(H,20,21). The number of benzene rings is 1. The Morgan fingerprint density at radius 1 is 1.48 bits per heavy atom. The first-order valence-corrected chi connectivity index (χ1v) is 7.86. The average Bonchev–Trinajstić information content (AvgIpc) is 2.84. The van der Waals surface area contributed by atoms with Crippen LogP contribution in [-0.2, 0) is 11.3 Å². The van der Waals surface area contributed by atoms with Crippen LogP contribution in [0, 0.1) is 15.9 Å². The molecule has 1 aromatic carbocycles. The molecule has 1 aliphatic carbocycles. The highest BCUT2D eigenvalue weighted by molar-refractivity contribution is 14.1. The maximum Gasteiger partial charge on any atom is 0.311 e. The molecular formula is C14H15IN4O2. The molecule has 1 aliphatic rings. The van der Waals surface area contributed by atoms with Gasteiger partial charge < -0.3 is 5.11 Å². The molecule has 2 aromatic rings. The first-order chi connectivity index (χ1) is 10.0. The largest absolute Gasteiger partial charge is 0.481 e. The van der Waals surface area contributed by atoms with Gasteiger partial charge in [0.25, 0.3) is 0 Å². The lowest BCUT2D eigenvalue weighted by atomic mass is 9.69. The molecule has 110 valence electrons. The van der Waals surface area contributed by atoms with Gasteiger partial charge in [-0.1, -0.05) is 24.6 Å². The molecular weight excluding hydrogens is 383 g/mol. The molecule has 0 saturated heterocycles. The van der Waals surface area contributed by atoms with E-state index in [0.717, 1.165) is 21.1 Å². The van der Waals surface area contributed by atoms with Gasteiger partial charge in [-0.25, -0.2) is 4.68 Å². The third-order valence-electron chi connectivity index (χ3n) is 4.18. The van der Waals surface area contributed by atoms with Crippen LogP contribution in [-0.4, -0.2) is 31.3 Å². The van der Waals surface area contributed by atoms with Crippen LogP contribution in [0.5, 0.6) is 0 Å². The van der Waals surface area contributed by atoms with Crippen molar-refractivity contribution in [2.24, 2.45) is 5.41 Å². The smallest absolute Gasteiger partial charge is 0.311 e. The van der Waals surface area contributed by atoms with Gasteiger partial charge in [-0.2, -0.15) is 0 Å². The Kier molecular flexibility index (Phi) is 3.68. The van der Waals surface area contributed by atoms with E-state index in [1.165, 1.54) is 0 Å². The molecule has 0 radical (unpaired) electrons. The fourth-order valence-corrected chi connectivity index (χ4v) is 3.25. The van der Waals surface area contributed by atoms with E-state index in [1.807, 2.05) is 25.1 Å². The summed E-state index contributed by atoms with van der Waals surface area (Å²) >= 11 is 2.27. The topological polar surface area (TPSA) is 80.9 Å². The highest BCUT2D eigenvalue weighted by Gasteiger charge is 2.45. The van der Waals surface area contributed by atoms with E-state index in [-0.39, 0.29) is 0 Å². The lowest BCUT2D eigenvalue weighted by Crippen LogP contribution is -2.42. The summed E-state index contributed by atoms with van der Waals surface area (Å²) in [4.78, 5) is 11.5. The van der Waals surface area contributed by atoms with Crippen molar-refractivity contribution in [1.29, 1.82) is 0 Å². The molecule has 0 unspecified atom stereocenters. The zero-order valence-electron chi connectivity index (χ0n) is 11.6. The maximum atomic E-state index is 11.5. The molecule has 1 saturated carbocycles. The Bertz CT molecular complexity index is 694. The van der Waals surface area contributed by atoms with Crippen LogP contribution in [0.2, 0.25) is 0 Å². The minimum Gasteiger partial charge on any atom is -0.481 e. The Morgan fingerprint density at radius 2 is 2.24 bits per heavy atom. The minimum absolute atomic E-state index is 0.328. The van der Waals surface area contributed by atoms with Gasteiger partial charge in [-0.15, -0.1) is 5.10 Å². The number of carboxylic acids is 1. The summed E-state index contributed by atoms with van der Waals surface area (Å²) in [5, 5.41) is 21.3. The van der Waals surface area contributed by atoms with E-state index in [9.17, 15) is 9.90 Å². The first-order valence-electron chi connectivity index (χ1n) is 6.78. The number of hydrogen-bond acceptors (Lipinski definition) is 4. The fourth-order valence-electron chi connectivity index (χ4n) is 2.65. The van der Waals surface area contributed by atoms with E-state index < -0.39 is 11.4 Å². The van der Waals surface area contributed by atoms with Gasteiger partial charge in [0.1, 0.15) is 0 Å². The molecule has 3 rings (SSSR count). The van der Waals surface area contributed by atoms with Crippen LogP contribution in [0.25, 0.3) is 11.4 Å². The van der Waals surface area contributed by atoms with Gasteiger partial charge >= 0.3 is 5.97 Å². The molecule has 1 fully saturated rings. The zero-order chi connectivity index (χ0) is 15.0. The highest BCUT2D eigenvalue weighted by atomic mass is 127. The van der Waals surface area contributed by atoms with Crippen molar-refractivity contribution >= 4 is 28.6 Å². The second-order valence-electron chi connectivity index (χ2n) is 5.54. The van der Waals surface area contributed by atoms with Crippen LogP contribution < -0.4 is 0 Å². The number of carboxylic acid groups (broad SMARTS) is 1. The average molecular weight is 398 g/mol. The van der Waals surface area contributed by atoms with Gasteiger partial charge in [-0.05, 0) is 58.3 Å². The van der Waals surface area contributed by atoms with E-state index in [1.54, 1.807) is 4.68 Å². The monoisotopic (exact) mass is 398 g/mol. The molecule has 1 heterocycles. The summed E-state index contributed by atoms with van der Waals surface area (Å²) in [5.74, 6) is -0.121. The number of aromatic nitrogens is 4. The highest BCUT2D eigenvalue weighted by Crippen LogP contribution is 2.43. The summed E-state index contributed by atoms with van der Waals surface area (Å²) in [6.07, 6.45) is 2.32. The third-order valence-corrected chi connectivity index (χ3v) is 5.61. The number of aryl methyl sites for hydroxylation is 1. The lowest BCUT2D eigenvalue weighted by molar-refractivity contribution is -0.156. The van der Waals surface area contributed by atoms with Gasteiger partial charge in [0.15, 0.2) is 5.82 Å². The van der Waals surface area contributed by atoms with Crippen molar-refractivity contribution < 1.29 is 9.90 Å². The van der Waals surface area contributed by atoms with Crippen LogP contribution >= 0.6 is 22.6 Å². The van der Waals surface area contributed by atoms with Gasteiger partial charge in [0.2, 0.25) is 0 Å². The summed E-state index contributed by atoms with van der Waals surface area (Å²) in [7, 11) is 0. The van der Waals surface area contributed by atoms with Crippen LogP contribution in [0.4, 0.5) is 0 Å². The zero-order valence-corrected chi connectivity index (χ0v) is 13.7. The van der Waals surface area contributed by atoms with Crippen LogP contribution in [0.15, 0.2) is 18.2 Å². The second-order valence-corrected chi connectivity index (χ2v) is 6.61. The molecule has 0 atom stereocenters. The van der Waals surface area contributed by atoms with E-state index in [0.29, 0.717) is 25.2 Å². The van der Waals surface area contributed by atoms with Gasteiger partial charge in [0.05, 0.1) is 12.0 Å². The number of halogens is 1. The van der Waals surface area contributed by atoms with Crippen molar-refractivity contribution in [2.45, 2.75) is 32.7 Å². The van der Waals surface area contributed by atoms with Crippen molar-refractivity contribution in [3.63, 3.8) is 0 Å². The molecule has 21 heavy (non-hydrogen) atoms. The molecule has 7 heteroatoms. The Hall–Kier alpha value is -1.51. The third kappa shape index (κ3) is 2.43. The number of nitrogens with zero attached hydrogens (tertiary/aromatic N) is 4. The number of hydrogen-bond donors (Lipinski definition) is 1. The molecule has 1 N–H and O–H groups in total.